The van der Waals surface area contributed by atoms with Crippen molar-refractivity contribution >= 4 is 25.7 Å². The van der Waals surface area contributed by atoms with E-state index in [0.29, 0.717) is 6.42 Å². The second-order valence-corrected chi connectivity index (χ2v) is 12.3. The summed E-state index contributed by atoms with van der Waals surface area (Å²) in [5.74, 6) is 0. The molecule has 0 heterocycles. The van der Waals surface area contributed by atoms with Crippen LogP contribution in [-0.2, 0) is 39.5 Å². The van der Waals surface area contributed by atoms with Crippen LogP contribution in [0.4, 0.5) is 0 Å². The summed E-state index contributed by atoms with van der Waals surface area (Å²) < 4.78 is 59.8. The lowest BCUT2D eigenvalue weighted by Gasteiger charge is -2.34. The highest BCUT2D eigenvalue weighted by Crippen LogP contribution is 2.54. The van der Waals surface area contributed by atoms with Crippen LogP contribution < -0.4 is 0 Å². The highest BCUT2D eigenvalue weighted by atomic mass is 31.2. The highest BCUT2D eigenvalue weighted by Gasteiger charge is 2.57. The molecule has 0 atom stereocenters. The fraction of sp³-hybridized carbons (Fsp3) is 1.00. The van der Waals surface area contributed by atoms with Gasteiger partial charge in [0.25, 0.3) is 0 Å². The Balaban J connectivity index is 5.91. The molecule has 0 aliphatic carbocycles. The van der Waals surface area contributed by atoms with Crippen LogP contribution in [-0.4, -0.2) is 63.9 Å². The van der Waals surface area contributed by atoms with Gasteiger partial charge in [-0.1, -0.05) is 13.3 Å². The van der Waals surface area contributed by atoms with E-state index >= 15 is 0 Å². The van der Waals surface area contributed by atoms with Gasteiger partial charge in [0, 0.05) is 45.8 Å². The summed E-state index contributed by atoms with van der Waals surface area (Å²) in [4.78, 5) is 0. The smallest absolute Gasteiger partial charge is 0.351 e. The van der Waals surface area contributed by atoms with Gasteiger partial charge >= 0.3 is 25.7 Å². The second-order valence-electron chi connectivity index (χ2n) is 5.47. The van der Waals surface area contributed by atoms with Gasteiger partial charge in [0.2, 0.25) is 0 Å². The Labute approximate surface area is 172 Å². The molecule has 9 nitrogen and oxygen atoms in total. The van der Waals surface area contributed by atoms with Crippen LogP contribution in [0.25, 0.3) is 0 Å². The Morgan fingerprint density at radius 2 is 0.857 bits per heavy atom. The van der Waals surface area contributed by atoms with Crippen LogP contribution in [0.3, 0.4) is 0 Å². The SMILES string of the molecule is CCCCP(=O)(O[Si](OCC)(OCC)OCC)O[Si](OCC)(OCC)OCC. The molecule has 12 heteroatoms. The third kappa shape index (κ3) is 9.90. The first-order chi connectivity index (χ1) is 13.3. The molecule has 0 saturated carbocycles. The van der Waals surface area contributed by atoms with Gasteiger partial charge < -0.3 is 26.6 Å². The van der Waals surface area contributed by atoms with E-state index in [1.165, 1.54) is 0 Å². The van der Waals surface area contributed by atoms with Crippen LogP contribution in [0.1, 0.15) is 61.3 Å². The standard InChI is InChI=1S/C16H39O9PSi2/c1-8-15-16-26(17,24-27(18-9-2,19-10-3)20-11-4)25-28(21-12-5,22-13-6)23-14-7/h8-16H2,1-7H3. The van der Waals surface area contributed by atoms with Crippen molar-refractivity contribution in [2.75, 3.05) is 45.8 Å². The molecule has 0 aromatic carbocycles. The van der Waals surface area contributed by atoms with E-state index in [1.54, 1.807) is 41.5 Å². The van der Waals surface area contributed by atoms with Crippen molar-refractivity contribution in [3.05, 3.63) is 0 Å². The van der Waals surface area contributed by atoms with Crippen molar-refractivity contribution in [3.63, 3.8) is 0 Å². The van der Waals surface area contributed by atoms with Crippen molar-refractivity contribution in [2.24, 2.45) is 0 Å². The Kier molecular flexibility index (Phi) is 15.4. The molecule has 0 radical (unpaired) electrons. The first kappa shape index (κ1) is 28.3. The number of hydrogen-bond acceptors (Lipinski definition) is 9. The lowest BCUT2D eigenvalue weighted by atomic mass is 10.4. The van der Waals surface area contributed by atoms with Crippen LogP contribution in [0.15, 0.2) is 0 Å². The van der Waals surface area contributed by atoms with E-state index in [2.05, 4.69) is 0 Å². The maximum absolute atomic E-state index is 13.8. The summed E-state index contributed by atoms with van der Waals surface area (Å²) in [7, 11) is -11.1. The van der Waals surface area contributed by atoms with Crippen LogP contribution in [0, 0.1) is 0 Å². The average molecular weight is 463 g/mol. The Bertz CT molecular complexity index is 376. The molecule has 0 N–H and O–H groups in total. The van der Waals surface area contributed by atoms with Crippen molar-refractivity contribution in [1.29, 1.82) is 0 Å². The van der Waals surface area contributed by atoms with Crippen molar-refractivity contribution < 1.29 is 39.5 Å². The normalized spacial score (nSPS) is 13.2. The largest absolute Gasteiger partial charge is 0.686 e. The second kappa shape index (κ2) is 15.2. The predicted molar refractivity (Wildman–Crippen MR) is 111 cm³/mol. The van der Waals surface area contributed by atoms with E-state index in [4.69, 9.17) is 35.0 Å². The zero-order valence-electron chi connectivity index (χ0n) is 18.5. The number of rotatable bonds is 19. The van der Waals surface area contributed by atoms with Crippen molar-refractivity contribution in [1.82, 2.24) is 0 Å². The van der Waals surface area contributed by atoms with Crippen molar-refractivity contribution in [3.8, 4) is 0 Å². The van der Waals surface area contributed by atoms with Gasteiger partial charge in [0.15, 0.2) is 0 Å². The minimum Gasteiger partial charge on any atom is -0.351 e. The quantitative estimate of drug-likeness (QED) is 0.208. The monoisotopic (exact) mass is 462 g/mol. The summed E-state index contributed by atoms with van der Waals surface area (Å²) in [6.45, 7) is 14.4. The van der Waals surface area contributed by atoms with E-state index in [0.717, 1.165) is 6.42 Å². The summed E-state index contributed by atoms with van der Waals surface area (Å²) in [6, 6.07) is 0. The molecule has 0 fully saturated rings. The fourth-order valence-corrected chi connectivity index (χ4v) is 10.8. The topological polar surface area (TPSA) is 90.9 Å². The van der Waals surface area contributed by atoms with Crippen molar-refractivity contribution in [2.45, 2.75) is 61.3 Å². The molecule has 28 heavy (non-hydrogen) atoms. The van der Waals surface area contributed by atoms with E-state index in [9.17, 15) is 4.57 Å². The Morgan fingerprint density at radius 1 is 0.571 bits per heavy atom. The Hall–Kier alpha value is 0.344. The van der Waals surface area contributed by atoms with Gasteiger partial charge in [-0.15, -0.1) is 0 Å². The first-order valence-corrected chi connectivity index (χ1v) is 15.2. The van der Waals surface area contributed by atoms with Gasteiger partial charge in [-0.25, -0.2) is 0 Å². The average Bonchev–Trinajstić information content (AvgIpc) is 2.61. The molecular weight excluding hydrogens is 423 g/mol. The zero-order chi connectivity index (χ0) is 21.5. The summed E-state index contributed by atoms with van der Waals surface area (Å²) in [5, 5.41) is 0. The summed E-state index contributed by atoms with van der Waals surface area (Å²) in [6.07, 6.45) is 1.56. The molecule has 0 rings (SSSR count). The summed E-state index contributed by atoms with van der Waals surface area (Å²) in [5.41, 5.74) is 0. The molecule has 0 unspecified atom stereocenters. The molecule has 0 spiro atoms. The maximum atomic E-state index is 13.8. The number of hydrogen-bond donors (Lipinski definition) is 0. The number of unbranched alkanes of at least 4 members (excludes halogenated alkanes) is 1. The molecule has 170 valence electrons. The van der Waals surface area contributed by atoms with Gasteiger partial charge in [-0.3, -0.25) is 13.0 Å². The molecule has 0 aliphatic heterocycles. The van der Waals surface area contributed by atoms with Gasteiger partial charge in [0.1, 0.15) is 0 Å². The predicted octanol–water partition coefficient (Wildman–Crippen LogP) is 4.10. The van der Waals surface area contributed by atoms with Gasteiger partial charge in [-0.2, -0.15) is 0 Å². The molecule has 0 amide bonds. The molecule has 0 saturated heterocycles. The first-order valence-electron chi connectivity index (χ1n) is 10.2. The molecule has 0 aromatic rings. The third-order valence-electron chi connectivity index (χ3n) is 3.21. The zero-order valence-corrected chi connectivity index (χ0v) is 21.4. The van der Waals surface area contributed by atoms with Crippen LogP contribution in [0.5, 0.6) is 0 Å². The lowest BCUT2D eigenvalue weighted by molar-refractivity contribution is -0.00990. The minimum absolute atomic E-state index is 0.146. The van der Waals surface area contributed by atoms with E-state index in [1.807, 2.05) is 6.92 Å². The minimum atomic E-state index is -3.78. The Morgan fingerprint density at radius 3 is 1.07 bits per heavy atom. The van der Waals surface area contributed by atoms with E-state index in [-0.39, 0.29) is 45.8 Å². The van der Waals surface area contributed by atoms with Gasteiger partial charge in [0.05, 0.1) is 0 Å². The molecule has 0 aliphatic rings. The third-order valence-corrected chi connectivity index (χ3v) is 11.9. The molecular formula is C16H39O9PSi2. The van der Waals surface area contributed by atoms with Crippen LogP contribution in [0.2, 0.25) is 0 Å². The molecule has 0 aromatic heterocycles. The molecule has 0 bridgehead atoms. The van der Waals surface area contributed by atoms with Crippen LogP contribution >= 0.6 is 7.60 Å². The lowest BCUT2D eigenvalue weighted by Crippen LogP contribution is -2.52. The highest BCUT2D eigenvalue weighted by molar-refractivity contribution is 7.56. The fourth-order valence-electron chi connectivity index (χ4n) is 2.27. The maximum Gasteiger partial charge on any atom is 0.686 e. The van der Waals surface area contributed by atoms with E-state index < -0.39 is 25.7 Å². The summed E-state index contributed by atoms with van der Waals surface area (Å²) >= 11 is 0. The van der Waals surface area contributed by atoms with Gasteiger partial charge in [-0.05, 0) is 48.0 Å².